The molecule has 2 saturated heterocycles. The summed E-state index contributed by atoms with van der Waals surface area (Å²) in [6, 6.07) is 5.52. The first kappa shape index (κ1) is 30.3. The van der Waals surface area contributed by atoms with Gasteiger partial charge in [0.1, 0.15) is 34.0 Å². The molecule has 2 aromatic carbocycles. The number of ether oxygens (including phenoxy) is 3. The van der Waals surface area contributed by atoms with Gasteiger partial charge < -0.3 is 34.4 Å². The Morgan fingerprint density at radius 2 is 1.89 bits per heavy atom. The maximum absolute atomic E-state index is 16.9. The molecular weight excluding hydrogens is 594 g/mol. The normalized spacial score (nSPS) is 18.3. The minimum atomic E-state index is -0.788. The summed E-state index contributed by atoms with van der Waals surface area (Å²) in [6.07, 6.45) is 8.75. The van der Waals surface area contributed by atoms with Crippen molar-refractivity contribution >= 4 is 27.5 Å². The lowest BCUT2D eigenvalue weighted by molar-refractivity contribution is 0.127. The van der Waals surface area contributed by atoms with Gasteiger partial charge in [-0.3, -0.25) is 0 Å². The molecule has 1 saturated carbocycles. The molecule has 0 radical (unpaired) electrons. The van der Waals surface area contributed by atoms with Crippen LogP contribution in [0, 0.1) is 29.4 Å². The third-order valence-corrected chi connectivity index (χ3v) is 9.11. The second-order valence-electron chi connectivity index (χ2n) is 12.3. The molecule has 10 nitrogen and oxygen atoms in total. The zero-order valence-corrected chi connectivity index (χ0v) is 25.7. The van der Waals surface area contributed by atoms with Crippen LogP contribution in [-0.2, 0) is 4.74 Å². The second-order valence-corrected chi connectivity index (χ2v) is 12.3. The highest BCUT2D eigenvalue weighted by atomic mass is 19.1. The molecule has 3 aliphatic rings. The molecule has 0 amide bonds. The number of phenols is 1. The summed E-state index contributed by atoms with van der Waals surface area (Å²) in [5.41, 5.74) is -0.210. The van der Waals surface area contributed by atoms with E-state index in [1.165, 1.54) is 31.4 Å². The van der Waals surface area contributed by atoms with Gasteiger partial charge >= 0.3 is 6.01 Å². The average Bonchev–Trinajstić information content (AvgIpc) is 3.89. The first-order chi connectivity index (χ1) is 22.4. The molecule has 2 aliphatic heterocycles. The van der Waals surface area contributed by atoms with E-state index in [0.717, 1.165) is 65.2 Å². The van der Waals surface area contributed by atoms with Crippen molar-refractivity contribution in [3.8, 4) is 41.2 Å². The summed E-state index contributed by atoms with van der Waals surface area (Å²) in [5, 5.41) is 14.9. The Labute approximate surface area is 265 Å². The highest BCUT2D eigenvalue weighted by molar-refractivity contribution is 6.04. The lowest BCUT2D eigenvalue weighted by atomic mass is 9.95. The zero-order chi connectivity index (χ0) is 31.8. The summed E-state index contributed by atoms with van der Waals surface area (Å²) >= 11 is 0. The monoisotopic (exact) mass is 630 g/mol. The zero-order valence-electron chi connectivity index (χ0n) is 25.7. The van der Waals surface area contributed by atoms with E-state index in [0.29, 0.717) is 36.3 Å². The molecule has 2 aromatic heterocycles. The van der Waals surface area contributed by atoms with E-state index in [2.05, 4.69) is 26.1 Å². The number of hydrogen-bond donors (Lipinski definition) is 2. The summed E-state index contributed by atoms with van der Waals surface area (Å²) in [7, 11) is 1.44. The molecule has 3 fully saturated rings. The predicted octanol–water partition coefficient (Wildman–Crippen LogP) is 4.11. The summed E-state index contributed by atoms with van der Waals surface area (Å²) in [6.45, 7) is 7.35. The van der Waals surface area contributed by atoms with Crippen molar-refractivity contribution in [2.45, 2.75) is 19.3 Å². The quantitative estimate of drug-likeness (QED) is 0.277. The molecule has 7 rings (SSSR count). The van der Waals surface area contributed by atoms with Crippen molar-refractivity contribution in [1.82, 2.24) is 25.2 Å². The van der Waals surface area contributed by atoms with Crippen LogP contribution in [0.3, 0.4) is 0 Å². The fourth-order valence-electron chi connectivity index (χ4n) is 6.52. The molecule has 4 heterocycles. The number of hydrogen-bond acceptors (Lipinski definition) is 10. The smallest absolute Gasteiger partial charge is 0.319 e. The largest absolute Gasteiger partial charge is 0.508 e. The number of pyridine rings is 1. The molecule has 2 N–H and O–H groups in total. The van der Waals surface area contributed by atoms with Crippen LogP contribution in [0.4, 0.5) is 14.6 Å². The van der Waals surface area contributed by atoms with Crippen LogP contribution in [-0.4, -0.2) is 97.7 Å². The number of terminal acetylenes is 1. The summed E-state index contributed by atoms with van der Waals surface area (Å²) in [4.78, 5) is 18.4. The topological polar surface area (TPSA) is 105 Å². The summed E-state index contributed by atoms with van der Waals surface area (Å²) < 4.78 is 49.4. The standard InChI is InChI=1S/C34H36F2N6O4/c1-3-23-25(35)6-5-21-17-22(43)18-24(26(21)23)29-28(36)30-27(32(38-29)44-2)31(42-12-9-37-10-13-42)40-33(39-30)46-20-34(7-8-34)19-41-11-4-15-45-16-14-41/h1,5-6,17-18,37,43H,4,7-16,19-20H2,2H3. The van der Waals surface area contributed by atoms with E-state index in [1.807, 2.05) is 4.90 Å². The first-order valence-corrected chi connectivity index (χ1v) is 15.7. The van der Waals surface area contributed by atoms with Gasteiger partial charge in [-0.2, -0.15) is 9.97 Å². The fraction of sp³-hybridized carbons (Fsp3) is 0.441. The number of methoxy groups -OCH3 is 1. The Morgan fingerprint density at radius 3 is 2.65 bits per heavy atom. The Kier molecular flexibility index (Phi) is 8.23. The maximum atomic E-state index is 16.9. The number of phenolic OH excluding ortho intramolecular Hbond substituents is 1. The molecular formula is C34H36F2N6O4. The number of nitrogens with zero attached hydrogens (tertiary/aromatic N) is 5. The van der Waals surface area contributed by atoms with Crippen LogP contribution >= 0.6 is 0 Å². The molecule has 1 aliphatic carbocycles. The molecule has 0 bridgehead atoms. The molecule has 0 spiro atoms. The second kappa shape index (κ2) is 12.5. The van der Waals surface area contributed by atoms with Crippen LogP contribution in [0.2, 0.25) is 0 Å². The highest BCUT2D eigenvalue weighted by Gasteiger charge is 2.45. The SMILES string of the molecule is C#Cc1c(F)ccc2cc(O)cc(-c3nc(OC)c4c(N5CCNCC5)nc(OCC5(CN6CCCOCC6)CC5)nc4c3F)c12. The van der Waals surface area contributed by atoms with Crippen molar-refractivity contribution in [2.24, 2.45) is 5.41 Å². The predicted molar refractivity (Wildman–Crippen MR) is 170 cm³/mol. The van der Waals surface area contributed by atoms with Gasteiger partial charge in [0.15, 0.2) is 5.82 Å². The van der Waals surface area contributed by atoms with Crippen LogP contribution in [0.25, 0.3) is 32.9 Å². The lowest BCUT2D eigenvalue weighted by Crippen LogP contribution is -2.44. The molecule has 12 heteroatoms. The fourth-order valence-corrected chi connectivity index (χ4v) is 6.52. The Hall–Kier alpha value is -4.31. The van der Waals surface area contributed by atoms with E-state index >= 15 is 4.39 Å². The van der Waals surface area contributed by atoms with E-state index in [4.69, 9.17) is 25.6 Å². The number of aromatic hydroxyl groups is 1. The van der Waals surface area contributed by atoms with Gasteiger partial charge in [0.05, 0.1) is 25.9 Å². The minimum Gasteiger partial charge on any atom is -0.508 e. The molecule has 46 heavy (non-hydrogen) atoms. The van der Waals surface area contributed by atoms with Crippen LogP contribution < -0.4 is 19.7 Å². The van der Waals surface area contributed by atoms with Gasteiger partial charge in [0.25, 0.3) is 0 Å². The molecule has 0 unspecified atom stereocenters. The number of nitrogens with one attached hydrogen (secondary N) is 1. The number of anilines is 1. The van der Waals surface area contributed by atoms with Crippen LogP contribution in [0.5, 0.6) is 17.6 Å². The number of fused-ring (bicyclic) bond motifs is 2. The van der Waals surface area contributed by atoms with Gasteiger partial charge in [0.2, 0.25) is 5.88 Å². The van der Waals surface area contributed by atoms with E-state index < -0.39 is 11.6 Å². The number of aromatic nitrogens is 3. The van der Waals surface area contributed by atoms with Crippen LogP contribution in [0.15, 0.2) is 24.3 Å². The Balaban J connectivity index is 1.35. The number of benzene rings is 2. The van der Waals surface area contributed by atoms with Gasteiger partial charge in [-0.05, 0) is 42.8 Å². The van der Waals surface area contributed by atoms with Gasteiger partial charge in [-0.1, -0.05) is 12.0 Å². The van der Waals surface area contributed by atoms with Gasteiger partial charge in [-0.25, -0.2) is 13.8 Å². The number of rotatable bonds is 8. The highest BCUT2D eigenvalue weighted by Crippen LogP contribution is 2.47. The van der Waals surface area contributed by atoms with Crippen molar-refractivity contribution in [1.29, 1.82) is 0 Å². The Morgan fingerprint density at radius 1 is 1.07 bits per heavy atom. The molecule has 240 valence electrons. The third kappa shape index (κ3) is 5.75. The van der Waals surface area contributed by atoms with E-state index in [1.54, 1.807) is 0 Å². The van der Waals surface area contributed by atoms with Crippen LogP contribution in [0.1, 0.15) is 24.8 Å². The third-order valence-electron chi connectivity index (χ3n) is 9.11. The maximum Gasteiger partial charge on any atom is 0.319 e. The van der Waals surface area contributed by atoms with E-state index in [9.17, 15) is 9.50 Å². The van der Waals surface area contributed by atoms with Crippen molar-refractivity contribution in [2.75, 3.05) is 77.6 Å². The van der Waals surface area contributed by atoms with Crippen molar-refractivity contribution in [3.63, 3.8) is 0 Å². The number of piperazine rings is 1. The average molecular weight is 631 g/mol. The van der Waals surface area contributed by atoms with Crippen molar-refractivity contribution < 1.29 is 28.1 Å². The van der Waals surface area contributed by atoms with E-state index in [-0.39, 0.29) is 50.8 Å². The number of halogens is 2. The molecule has 4 aromatic rings. The first-order valence-electron chi connectivity index (χ1n) is 15.7. The van der Waals surface area contributed by atoms with Crippen molar-refractivity contribution in [3.05, 3.63) is 41.5 Å². The summed E-state index contributed by atoms with van der Waals surface area (Å²) in [5.74, 6) is 1.34. The van der Waals surface area contributed by atoms with Gasteiger partial charge in [0, 0.05) is 68.8 Å². The lowest BCUT2D eigenvalue weighted by Gasteiger charge is -2.30. The Bertz CT molecular complexity index is 1830. The minimum absolute atomic E-state index is 0.0202. The van der Waals surface area contributed by atoms with Gasteiger partial charge in [-0.15, -0.1) is 6.42 Å². The molecule has 0 atom stereocenters.